The molecule has 158 valence electrons. The van der Waals surface area contributed by atoms with Crippen LogP contribution in [0.4, 0.5) is 0 Å². The van der Waals surface area contributed by atoms with Gasteiger partial charge in [-0.25, -0.2) is 0 Å². The Hall–Kier alpha value is 0.150. The number of thioether (sulfide) groups is 1. The lowest BCUT2D eigenvalue weighted by Gasteiger charge is -2.41. The summed E-state index contributed by atoms with van der Waals surface area (Å²) in [7, 11) is 1.84. The molecule has 3 atom stereocenters. The number of hydrogen-bond acceptors (Lipinski definition) is 6. The number of nitrogens with one attached hydrogen (secondary N) is 2. The summed E-state index contributed by atoms with van der Waals surface area (Å²) in [5, 5.41) is 26.2. The summed E-state index contributed by atoms with van der Waals surface area (Å²) in [5.41, 5.74) is 0. The molecule has 5 nitrogen and oxygen atoms in total. The molecular weight excluding hydrogens is 360 g/mol. The highest BCUT2D eigenvalue weighted by atomic mass is 32.2. The van der Waals surface area contributed by atoms with E-state index in [4.69, 9.17) is 14.9 Å². The molecule has 0 bridgehead atoms. The molecule has 1 heterocycles. The van der Waals surface area contributed by atoms with E-state index >= 15 is 0 Å². The normalized spacial score (nSPS) is 36.2. The molecule has 0 spiro atoms. The number of piperidine rings is 1. The van der Waals surface area contributed by atoms with Gasteiger partial charge in [-0.3, -0.25) is 5.32 Å². The Morgan fingerprint density at radius 1 is 1.04 bits per heavy atom. The van der Waals surface area contributed by atoms with Gasteiger partial charge in [0.05, 0.1) is 0 Å². The first kappa shape index (κ1) is 21.8. The minimum absolute atomic E-state index is 0.190. The highest BCUT2D eigenvalue weighted by Gasteiger charge is 2.35. The Morgan fingerprint density at radius 3 is 2.44 bits per heavy atom. The topological polar surface area (TPSA) is 73.8 Å². The van der Waals surface area contributed by atoms with Crippen LogP contribution in [0.1, 0.15) is 64.2 Å². The van der Waals surface area contributed by atoms with Crippen LogP contribution in [0.15, 0.2) is 0 Å². The maximum atomic E-state index is 9.03. The van der Waals surface area contributed by atoms with Gasteiger partial charge in [0.15, 0.2) is 6.29 Å². The Labute approximate surface area is 169 Å². The summed E-state index contributed by atoms with van der Waals surface area (Å²) < 4.78 is 5.75. The molecule has 3 unspecified atom stereocenters. The highest BCUT2D eigenvalue weighted by molar-refractivity contribution is 7.99. The molecule has 0 radical (unpaired) electrons. The van der Waals surface area contributed by atoms with Crippen LogP contribution in [0, 0.1) is 17.8 Å². The van der Waals surface area contributed by atoms with Crippen LogP contribution in [0.3, 0.4) is 0 Å². The Morgan fingerprint density at radius 2 is 1.78 bits per heavy atom. The van der Waals surface area contributed by atoms with E-state index in [9.17, 15) is 0 Å². The van der Waals surface area contributed by atoms with E-state index in [1.54, 1.807) is 11.8 Å². The van der Waals surface area contributed by atoms with E-state index < -0.39 is 6.29 Å². The van der Waals surface area contributed by atoms with Crippen molar-refractivity contribution < 1.29 is 14.9 Å². The van der Waals surface area contributed by atoms with Crippen LogP contribution in [-0.2, 0) is 4.74 Å². The summed E-state index contributed by atoms with van der Waals surface area (Å²) in [6.07, 6.45) is 12.2. The van der Waals surface area contributed by atoms with E-state index in [1.165, 1.54) is 64.2 Å². The predicted molar refractivity (Wildman–Crippen MR) is 112 cm³/mol. The lowest BCUT2D eigenvalue weighted by atomic mass is 9.74. The van der Waals surface area contributed by atoms with Crippen LogP contribution < -0.4 is 10.6 Å². The zero-order chi connectivity index (χ0) is 19.1. The fourth-order valence-electron chi connectivity index (χ4n) is 5.43. The zero-order valence-electron chi connectivity index (χ0n) is 16.9. The van der Waals surface area contributed by atoms with Gasteiger partial charge in [-0.1, -0.05) is 32.1 Å². The summed E-state index contributed by atoms with van der Waals surface area (Å²) >= 11 is 1.72. The van der Waals surface area contributed by atoms with Gasteiger partial charge in [0.25, 0.3) is 0 Å². The lowest BCUT2D eigenvalue weighted by molar-refractivity contribution is -0.0202. The molecule has 1 aliphatic heterocycles. The second kappa shape index (κ2) is 11.4. The van der Waals surface area contributed by atoms with Crippen molar-refractivity contribution in [1.29, 1.82) is 0 Å². The molecule has 2 aliphatic carbocycles. The summed E-state index contributed by atoms with van der Waals surface area (Å²) in [4.78, 5) is 0. The van der Waals surface area contributed by atoms with Gasteiger partial charge in [-0.15, -0.1) is 0 Å². The number of methoxy groups -OCH3 is 1. The molecule has 0 amide bonds. The predicted octanol–water partition coefficient (Wildman–Crippen LogP) is 2.71. The number of aliphatic hydroxyl groups is 2. The molecular formula is C21H40N2O3S. The number of ether oxygens (including phenoxy) is 1. The van der Waals surface area contributed by atoms with Crippen molar-refractivity contribution in [1.82, 2.24) is 10.6 Å². The van der Waals surface area contributed by atoms with Crippen LogP contribution in [-0.4, -0.2) is 60.0 Å². The lowest BCUT2D eigenvalue weighted by Crippen LogP contribution is -2.52. The largest absolute Gasteiger partial charge is 0.367 e. The van der Waals surface area contributed by atoms with E-state index in [1.807, 2.05) is 7.11 Å². The minimum atomic E-state index is -1.17. The molecule has 0 aromatic carbocycles. The fourth-order valence-corrected chi connectivity index (χ4v) is 6.48. The van der Waals surface area contributed by atoms with Crippen molar-refractivity contribution in [3.8, 4) is 0 Å². The smallest absolute Gasteiger partial charge is 0.160 e. The maximum Gasteiger partial charge on any atom is 0.160 e. The number of aliphatic hydroxyl groups excluding tert-OH is 1. The highest BCUT2D eigenvalue weighted by Crippen LogP contribution is 2.36. The molecule has 0 aromatic rings. The third kappa shape index (κ3) is 6.86. The molecule has 3 rings (SSSR count). The average molecular weight is 401 g/mol. The van der Waals surface area contributed by atoms with Gasteiger partial charge in [-0.2, -0.15) is 11.8 Å². The van der Waals surface area contributed by atoms with E-state index in [-0.39, 0.29) is 6.23 Å². The molecule has 0 aromatic heterocycles. The molecule has 2 saturated carbocycles. The maximum absolute atomic E-state index is 9.03. The van der Waals surface area contributed by atoms with Crippen molar-refractivity contribution in [2.45, 2.75) is 88.0 Å². The molecule has 6 heteroatoms. The van der Waals surface area contributed by atoms with Crippen LogP contribution in [0.2, 0.25) is 0 Å². The van der Waals surface area contributed by atoms with Crippen molar-refractivity contribution >= 4 is 11.8 Å². The van der Waals surface area contributed by atoms with Crippen molar-refractivity contribution in [2.24, 2.45) is 17.8 Å². The van der Waals surface area contributed by atoms with Gasteiger partial charge in [0.2, 0.25) is 0 Å². The quantitative estimate of drug-likeness (QED) is 0.470. The summed E-state index contributed by atoms with van der Waals surface area (Å²) in [6, 6.07) is 0.605. The number of rotatable bonds is 8. The third-order valence-electron chi connectivity index (χ3n) is 7.01. The zero-order valence-corrected chi connectivity index (χ0v) is 17.8. The van der Waals surface area contributed by atoms with E-state index in [2.05, 4.69) is 10.6 Å². The first-order chi connectivity index (χ1) is 13.2. The van der Waals surface area contributed by atoms with Crippen LogP contribution in [0.5, 0.6) is 0 Å². The summed E-state index contributed by atoms with van der Waals surface area (Å²) in [6.45, 7) is 2.17. The first-order valence-corrected chi connectivity index (χ1v) is 12.2. The third-order valence-corrected chi connectivity index (χ3v) is 8.44. The van der Waals surface area contributed by atoms with Crippen LogP contribution in [0.25, 0.3) is 0 Å². The number of hydrogen-bond donors (Lipinski definition) is 4. The standard InChI is InChI=1S/C21H40N2O3S/c1-26-21-17(11-16(12-23-21)15-5-3-2-4-6-15)13-22-18-7-9-19(10-8-18)27-14-20(24)25/h15-25H,2-14H2,1H3. The van der Waals surface area contributed by atoms with Crippen LogP contribution >= 0.6 is 11.8 Å². The fraction of sp³-hybridized carbons (Fsp3) is 1.00. The van der Waals surface area contributed by atoms with Gasteiger partial charge in [-0.05, 0) is 43.9 Å². The first-order valence-electron chi connectivity index (χ1n) is 11.1. The second-order valence-corrected chi connectivity index (χ2v) is 10.2. The van der Waals surface area contributed by atoms with Gasteiger partial charge in [0.1, 0.15) is 6.23 Å². The van der Waals surface area contributed by atoms with Gasteiger partial charge in [0, 0.05) is 43.2 Å². The monoisotopic (exact) mass is 400 g/mol. The minimum Gasteiger partial charge on any atom is -0.367 e. The van der Waals surface area contributed by atoms with Crippen molar-refractivity contribution in [3.63, 3.8) is 0 Å². The average Bonchev–Trinajstić information content (AvgIpc) is 2.72. The summed E-state index contributed by atoms with van der Waals surface area (Å²) in [5.74, 6) is 2.74. The Balaban J connectivity index is 1.40. The van der Waals surface area contributed by atoms with E-state index in [0.29, 0.717) is 23.0 Å². The molecule has 1 saturated heterocycles. The Bertz CT molecular complexity index is 412. The van der Waals surface area contributed by atoms with Crippen molar-refractivity contribution in [2.75, 3.05) is 26.0 Å². The molecule has 3 aliphatic rings. The van der Waals surface area contributed by atoms with Crippen molar-refractivity contribution in [3.05, 3.63) is 0 Å². The molecule has 3 fully saturated rings. The van der Waals surface area contributed by atoms with E-state index in [0.717, 1.165) is 24.9 Å². The Kier molecular flexibility index (Phi) is 9.20. The second-order valence-electron chi connectivity index (χ2n) is 8.91. The van der Waals surface area contributed by atoms with Gasteiger partial charge >= 0.3 is 0 Å². The molecule has 4 N–H and O–H groups in total. The van der Waals surface area contributed by atoms with Gasteiger partial charge < -0.3 is 20.3 Å². The molecule has 27 heavy (non-hydrogen) atoms. The SMILES string of the molecule is COC1NCC(C2CCCCC2)CC1CNC1CCC(SCC(O)O)CC1.